The number of sulfonamides is 1. The average molecular weight is 382 g/mol. The molecule has 0 radical (unpaired) electrons. The van der Waals surface area contributed by atoms with Crippen LogP contribution in [0.5, 0.6) is 0 Å². The van der Waals surface area contributed by atoms with Gasteiger partial charge in [0.25, 0.3) is 5.91 Å². The van der Waals surface area contributed by atoms with E-state index >= 15 is 0 Å². The molecule has 0 bridgehead atoms. The van der Waals surface area contributed by atoms with Crippen LogP contribution in [0.3, 0.4) is 0 Å². The summed E-state index contributed by atoms with van der Waals surface area (Å²) in [6.07, 6.45) is 2.90. The molecule has 26 heavy (non-hydrogen) atoms. The highest BCUT2D eigenvalue weighted by Gasteiger charge is 2.29. The van der Waals surface area contributed by atoms with Crippen LogP contribution in [0.4, 0.5) is 0 Å². The molecule has 2 atom stereocenters. The monoisotopic (exact) mass is 382 g/mol. The molecule has 1 saturated carbocycles. The molecule has 0 spiro atoms. The number of esters is 1. The lowest BCUT2D eigenvalue weighted by Crippen LogP contribution is -2.37. The average Bonchev–Trinajstić information content (AvgIpc) is 3.44. The first-order chi connectivity index (χ1) is 12.2. The van der Waals surface area contributed by atoms with Gasteiger partial charge in [0.15, 0.2) is 6.61 Å². The second-order valence-electron chi connectivity index (χ2n) is 6.72. The summed E-state index contributed by atoms with van der Waals surface area (Å²) in [6, 6.07) is 5.34. The molecule has 1 aromatic rings. The highest BCUT2D eigenvalue weighted by Crippen LogP contribution is 2.32. The fourth-order valence-corrected chi connectivity index (χ4v) is 3.74. The number of carbonyl (C=O) groups excluding carboxylic acids is 2. The zero-order valence-corrected chi connectivity index (χ0v) is 16.1. The number of ether oxygens (including phenoxy) is 1. The molecule has 0 saturated heterocycles. The summed E-state index contributed by atoms with van der Waals surface area (Å²) in [5.74, 6) is -0.485. The number of nitrogens with one attached hydrogen (secondary N) is 2. The molecule has 8 heteroatoms. The molecule has 0 unspecified atom stereocenters. The lowest BCUT2D eigenvalue weighted by molar-refractivity contribution is -0.124. The molecular formula is C18H26N2O5S. The lowest BCUT2D eigenvalue weighted by atomic mass is 10.2. The third-order valence-electron chi connectivity index (χ3n) is 4.42. The predicted octanol–water partition coefficient (Wildman–Crippen LogP) is 1.83. The molecule has 144 valence electrons. The number of amides is 1. The van der Waals surface area contributed by atoms with Crippen molar-refractivity contribution in [3.05, 3.63) is 29.8 Å². The number of carbonyl (C=O) groups is 2. The van der Waals surface area contributed by atoms with Gasteiger partial charge in [-0.05, 0) is 63.3 Å². The third-order valence-corrected chi connectivity index (χ3v) is 6.03. The van der Waals surface area contributed by atoms with Crippen molar-refractivity contribution in [1.82, 2.24) is 10.0 Å². The predicted molar refractivity (Wildman–Crippen MR) is 97.1 cm³/mol. The smallest absolute Gasteiger partial charge is 0.338 e. The Labute approximate surface area is 154 Å². The van der Waals surface area contributed by atoms with Crippen LogP contribution in [0.25, 0.3) is 0 Å². The summed E-state index contributed by atoms with van der Waals surface area (Å²) in [6.45, 7) is 5.24. The van der Waals surface area contributed by atoms with Gasteiger partial charge in [-0.2, -0.15) is 0 Å². The summed E-state index contributed by atoms with van der Waals surface area (Å²) in [4.78, 5) is 23.8. The van der Waals surface area contributed by atoms with Gasteiger partial charge in [0.05, 0.1) is 10.5 Å². The van der Waals surface area contributed by atoms with Gasteiger partial charge in [0.2, 0.25) is 10.0 Å². The van der Waals surface area contributed by atoms with E-state index in [1.165, 1.54) is 24.3 Å². The summed E-state index contributed by atoms with van der Waals surface area (Å²) in [5, 5.41) is 2.80. The largest absolute Gasteiger partial charge is 0.452 e. The Morgan fingerprint density at radius 2 is 1.81 bits per heavy atom. The van der Waals surface area contributed by atoms with Crippen LogP contribution in [-0.2, 0) is 19.6 Å². The van der Waals surface area contributed by atoms with Crippen LogP contribution in [0.2, 0.25) is 0 Å². The van der Waals surface area contributed by atoms with Crippen molar-refractivity contribution in [2.45, 2.75) is 57.0 Å². The molecule has 1 fully saturated rings. The Hall–Kier alpha value is -1.93. The van der Waals surface area contributed by atoms with Crippen LogP contribution in [0, 0.1) is 5.92 Å². The Bertz CT molecular complexity index is 741. The van der Waals surface area contributed by atoms with Crippen LogP contribution in [0.1, 0.15) is 50.4 Å². The second kappa shape index (κ2) is 8.64. The van der Waals surface area contributed by atoms with Crippen LogP contribution in [-0.4, -0.2) is 39.0 Å². The van der Waals surface area contributed by atoms with E-state index in [0.717, 1.165) is 12.8 Å². The van der Waals surface area contributed by atoms with E-state index in [0.29, 0.717) is 12.3 Å². The van der Waals surface area contributed by atoms with E-state index in [1.54, 1.807) is 6.92 Å². The molecule has 0 heterocycles. The van der Waals surface area contributed by atoms with Gasteiger partial charge < -0.3 is 10.1 Å². The first-order valence-electron chi connectivity index (χ1n) is 8.81. The Kier molecular flexibility index (Phi) is 6.77. The number of benzene rings is 1. The Morgan fingerprint density at radius 1 is 1.19 bits per heavy atom. The van der Waals surface area contributed by atoms with E-state index in [1.807, 2.05) is 13.8 Å². The molecule has 7 nitrogen and oxygen atoms in total. The fraction of sp³-hybridized carbons (Fsp3) is 0.556. The van der Waals surface area contributed by atoms with E-state index in [2.05, 4.69) is 10.0 Å². The molecule has 1 aliphatic rings. The number of hydrogen-bond acceptors (Lipinski definition) is 5. The first-order valence-corrected chi connectivity index (χ1v) is 10.3. The third kappa shape index (κ3) is 5.81. The summed E-state index contributed by atoms with van der Waals surface area (Å²) < 4.78 is 31.9. The number of rotatable bonds is 9. The normalized spacial score (nSPS) is 16.6. The Morgan fingerprint density at radius 3 is 2.35 bits per heavy atom. The maximum atomic E-state index is 12.2. The van der Waals surface area contributed by atoms with Crippen molar-refractivity contribution >= 4 is 21.9 Å². The highest BCUT2D eigenvalue weighted by molar-refractivity contribution is 7.89. The zero-order chi connectivity index (χ0) is 19.3. The minimum Gasteiger partial charge on any atom is -0.452 e. The summed E-state index contributed by atoms with van der Waals surface area (Å²) in [5.41, 5.74) is 0.190. The van der Waals surface area contributed by atoms with Crippen LogP contribution < -0.4 is 10.0 Å². The maximum absolute atomic E-state index is 12.2. The fourth-order valence-electron chi connectivity index (χ4n) is 2.41. The lowest BCUT2D eigenvalue weighted by Gasteiger charge is -2.13. The second-order valence-corrected chi connectivity index (χ2v) is 8.44. The van der Waals surface area contributed by atoms with Gasteiger partial charge in [-0.3, -0.25) is 4.79 Å². The quantitative estimate of drug-likeness (QED) is 0.635. The SMILES string of the molecule is CC[C@H](C)NS(=O)(=O)c1ccc(C(=O)OCC(=O)N[C@H](C)C2CC2)cc1. The van der Waals surface area contributed by atoms with Gasteiger partial charge in [-0.25, -0.2) is 17.9 Å². The van der Waals surface area contributed by atoms with E-state index in [-0.39, 0.29) is 35.1 Å². The van der Waals surface area contributed by atoms with Crippen molar-refractivity contribution in [3.8, 4) is 0 Å². The molecule has 1 aliphatic carbocycles. The minimum atomic E-state index is -3.62. The topological polar surface area (TPSA) is 102 Å². The number of hydrogen-bond donors (Lipinski definition) is 2. The van der Waals surface area contributed by atoms with E-state index < -0.39 is 16.0 Å². The molecular weight excluding hydrogens is 356 g/mol. The van der Waals surface area contributed by atoms with Crippen molar-refractivity contribution in [3.63, 3.8) is 0 Å². The van der Waals surface area contributed by atoms with Gasteiger partial charge in [-0.1, -0.05) is 6.92 Å². The summed E-state index contributed by atoms with van der Waals surface area (Å²) in [7, 11) is -3.62. The van der Waals surface area contributed by atoms with E-state index in [9.17, 15) is 18.0 Å². The molecule has 1 amide bonds. The van der Waals surface area contributed by atoms with Gasteiger partial charge in [0.1, 0.15) is 0 Å². The van der Waals surface area contributed by atoms with Gasteiger partial charge in [0, 0.05) is 12.1 Å². The maximum Gasteiger partial charge on any atom is 0.338 e. The van der Waals surface area contributed by atoms with Crippen molar-refractivity contribution < 1.29 is 22.7 Å². The molecule has 0 aliphatic heterocycles. The van der Waals surface area contributed by atoms with E-state index in [4.69, 9.17) is 4.74 Å². The van der Waals surface area contributed by atoms with Crippen molar-refractivity contribution in [2.75, 3.05) is 6.61 Å². The Balaban J connectivity index is 1.88. The zero-order valence-electron chi connectivity index (χ0n) is 15.3. The van der Waals surface area contributed by atoms with Crippen molar-refractivity contribution in [2.24, 2.45) is 5.92 Å². The molecule has 2 N–H and O–H groups in total. The van der Waals surface area contributed by atoms with Crippen molar-refractivity contribution in [1.29, 1.82) is 0 Å². The molecule has 1 aromatic carbocycles. The van der Waals surface area contributed by atoms with Gasteiger partial charge >= 0.3 is 5.97 Å². The van der Waals surface area contributed by atoms with Gasteiger partial charge in [-0.15, -0.1) is 0 Å². The summed E-state index contributed by atoms with van der Waals surface area (Å²) >= 11 is 0. The minimum absolute atomic E-state index is 0.0744. The molecule has 0 aromatic heterocycles. The molecule has 2 rings (SSSR count). The highest BCUT2D eigenvalue weighted by atomic mass is 32.2. The van der Waals surface area contributed by atoms with Crippen LogP contribution >= 0.6 is 0 Å². The standard InChI is InChI=1S/C18H26N2O5S/c1-4-12(2)20-26(23,24)16-9-7-15(8-10-16)18(22)25-11-17(21)19-13(3)14-5-6-14/h7-10,12-14,20H,4-6,11H2,1-3H3,(H,19,21)/t12-,13+/m0/s1. The first kappa shape index (κ1) is 20.4. The van der Waals surface area contributed by atoms with Crippen LogP contribution in [0.15, 0.2) is 29.2 Å².